The molecule has 0 aromatic heterocycles. The molecule has 7 heteroatoms. The largest absolute Gasteiger partial charge is 0.573 e. The van der Waals surface area contributed by atoms with Crippen molar-refractivity contribution in [1.29, 1.82) is 0 Å². The molecule has 0 atom stereocenters. The second kappa shape index (κ2) is 5.61. The van der Waals surface area contributed by atoms with E-state index in [1.807, 2.05) is 0 Å². The molecule has 100 valence electrons. The van der Waals surface area contributed by atoms with E-state index in [4.69, 9.17) is 4.74 Å². The average molecular weight is 264 g/mol. The highest BCUT2D eigenvalue weighted by atomic mass is 19.4. The summed E-state index contributed by atoms with van der Waals surface area (Å²) < 4.78 is 50.0. The molecule has 0 heterocycles. The van der Waals surface area contributed by atoms with E-state index in [2.05, 4.69) is 9.47 Å². The molecule has 0 fully saturated rings. The number of hydrogen-bond donors (Lipinski definition) is 0. The number of esters is 1. The number of carbonyl (C=O) groups is 1. The number of ether oxygens (including phenoxy) is 3. The van der Waals surface area contributed by atoms with Crippen LogP contribution in [0.2, 0.25) is 0 Å². The van der Waals surface area contributed by atoms with Crippen LogP contribution in [0.15, 0.2) is 18.2 Å². The van der Waals surface area contributed by atoms with Crippen molar-refractivity contribution in [2.45, 2.75) is 13.3 Å². The Morgan fingerprint density at radius 2 is 2.00 bits per heavy atom. The molecule has 0 saturated carbocycles. The van der Waals surface area contributed by atoms with Gasteiger partial charge in [0.25, 0.3) is 0 Å². The molecule has 18 heavy (non-hydrogen) atoms. The van der Waals surface area contributed by atoms with Gasteiger partial charge in [0.2, 0.25) is 0 Å². The van der Waals surface area contributed by atoms with Crippen LogP contribution in [0.4, 0.5) is 13.2 Å². The fraction of sp³-hybridized carbons (Fsp3) is 0.364. The second-order valence-electron chi connectivity index (χ2n) is 3.11. The summed E-state index contributed by atoms with van der Waals surface area (Å²) in [6.45, 7) is 1.74. The Bertz CT molecular complexity index is 429. The standard InChI is InChI=1S/C11H11F3O4/c1-3-17-8-6-4-5-7(10(15)16-2)9(8)18-11(12,13)14/h4-6H,3H2,1-2H3. The van der Waals surface area contributed by atoms with Gasteiger partial charge < -0.3 is 14.2 Å². The predicted molar refractivity (Wildman–Crippen MR) is 55.6 cm³/mol. The number of methoxy groups -OCH3 is 1. The van der Waals surface area contributed by atoms with E-state index >= 15 is 0 Å². The van der Waals surface area contributed by atoms with Crippen molar-refractivity contribution in [2.75, 3.05) is 13.7 Å². The molecular formula is C11H11F3O4. The van der Waals surface area contributed by atoms with Gasteiger partial charge in [-0.3, -0.25) is 0 Å². The summed E-state index contributed by atoms with van der Waals surface area (Å²) in [6.07, 6.45) is -4.92. The maximum Gasteiger partial charge on any atom is 0.573 e. The maximum absolute atomic E-state index is 12.3. The quantitative estimate of drug-likeness (QED) is 0.784. The zero-order valence-electron chi connectivity index (χ0n) is 9.71. The van der Waals surface area contributed by atoms with Crippen LogP contribution in [0.1, 0.15) is 17.3 Å². The van der Waals surface area contributed by atoms with Crippen LogP contribution in [0.25, 0.3) is 0 Å². The van der Waals surface area contributed by atoms with Crippen LogP contribution in [-0.2, 0) is 4.74 Å². The summed E-state index contributed by atoms with van der Waals surface area (Å²) in [5.41, 5.74) is -0.347. The fourth-order valence-electron chi connectivity index (χ4n) is 1.28. The van der Waals surface area contributed by atoms with Gasteiger partial charge in [-0.1, -0.05) is 6.07 Å². The molecule has 0 bridgehead atoms. The van der Waals surface area contributed by atoms with E-state index in [9.17, 15) is 18.0 Å². The Hall–Kier alpha value is -1.92. The van der Waals surface area contributed by atoms with Crippen LogP contribution < -0.4 is 9.47 Å². The predicted octanol–water partition coefficient (Wildman–Crippen LogP) is 2.77. The highest BCUT2D eigenvalue weighted by Gasteiger charge is 2.35. The van der Waals surface area contributed by atoms with Crippen molar-refractivity contribution < 1.29 is 32.2 Å². The molecule has 0 aliphatic heterocycles. The SMILES string of the molecule is CCOc1cccc(C(=O)OC)c1OC(F)(F)F. The summed E-state index contributed by atoms with van der Waals surface area (Å²) in [7, 11) is 1.06. The molecule has 1 aromatic rings. The first-order chi connectivity index (χ1) is 8.39. The topological polar surface area (TPSA) is 44.8 Å². The van der Waals surface area contributed by atoms with Crippen molar-refractivity contribution >= 4 is 5.97 Å². The normalized spacial score (nSPS) is 10.9. The van der Waals surface area contributed by atoms with Crippen molar-refractivity contribution in [3.05, 3.63) is 23.8 Å². The first-order valence-corrected chi connectivity index (χ1v) is 4.99. The van der Waals surface area contributed by atoms with E-state index in [0.717, 1.165) is 13.2 Å². The summed E-state index contributed by atoms with van der Waals surface area (Å²) in [5.74, 6) is -1.80. The smallest absolute Gasteiger partial charge is 0.490 e. The van der Waals surface area contributed by atoms with Gasteiger partial charge in [-0.15, -0.1) is 13.2 Å². The fourth-order valence-corrected chi connectivity index (χ4v) is 1.28. The van der Waals surface area contributed by atoms with Gasteiger partial charge in [-0.05, 0) is 19.1 Å². The van der Waals surface area contributed by atoms with Gasteiger partial charge in [0.1, 0.15) is 5.56 Å². The molecule has 0 spiro atoms. The molecule has 4 nitrogen and oxygen atoms in total. The molecule has 0 saturated heterocycles. The zero-order chi connectivity index (χ0) is 13.8. The molecule has 0 unspecified atom stereocenters. The third kappa shape index (κ3) is 3.54. The number of halogens is 3. The van der Waals surface area contributed by atoms with Crippen LogP contribution >= 0.6 is 0 Å². The monoisotopic (exact) mass is 264 g/mol. The molecule has 0 radical (unpaired) electrons. The van der Waals surface area contributed by atoms with Crippen LogP contribution in [-0.4, -0.2) is 26.0 Å². The van der Waals surface area contributed by atoms with E-state index in [1.165, 1.54) is 12.1 Å². The van der Waals surface area contributed by atoms with E-state index in [0.29, 0.717) is 0 Å². The van der Waals surface area contributed by atoms with Gasteiger partial charge in [0.15, 0.2) is 11.5 Å². The van der Waals surface area contributed by atoms with Crippen molar-refractivity contribution in [3.8, 4) is 11.5 Å². The Balaban J connectivity index is 3.25. The summed E-state index contributed by atoms with van der Waals surface area (Å²) in [4.78, 5) is 11.4. The average Bonchev–Trinajstić information content (AvgIpc) is 2.29. The third-order valence-corrected chi connectivity index (χ3v) is 1.90. The van der Waals surface area contributed by atoms with Gasteiger partial charge in [0, 0.05) is 0 Å². The lowest BCUT2D eigenvalue weighted by molar-refractivity contribution is -0.275. The molecule has 0 aliphatic rings. The molecular weight excluding hydrogens is 253 g/mol. The number of carbonyl (C=O) groups excluding carboxylic acids is 1. The lowest BCUT2D eigenvalue weighted by atomic mass is 10.2. The van der Waals surface area contributed by atoms with E-state index in [-0.39, 0.29) is 17.9 Å². The maximum atomic E-state index is 12.3. The highest BCUT2D eigenvalue weighted by molar-refractivity contribution is 5.93. The minimum atomic E-state index is -4.92. The number of alkyl halides is 3. The number of benzene rings is 1. The number of hydrogen-bond acceptors (Lipinski definition) is 4. The molecule has 0 aliphatic carbocycles. The molecule has 1 rings (SSSR count). The summed E-state index contributed by atoms with van der Waals surface area (Å²) in [6, 6.07) is 3.81. The van der Waals surface area contributed by atoms with Crippen molar-refractivity contribution in [1.82, 2.24) is 0 Å². The van der Waals surface area contributed by atoms with Crippen LogP contribution in [0.3, 0.4) is 0 Å². The highest BCUT2D eigenvalue weighted by Crippen LogP contribution is 2.35. The Morgan fingerprint density at radius 1 is 1.33 bits per heavy atom. The lowest BCUT2D eigenvalue weighted by Crippen LogP contribution is -2.20. The van der Waals surface area contributed by atoms with Gasteiger partial charge in [-0.2, -0.15) is 0 Å². The minimum absolute atomic E-state index is 0.138. The Labute approximate surface area is 101 Å². The minimum Gasteiger partial charge on any atom is -0.490 e. The van der Waals surface area contributed by atoms with Crippen LogP contribution in [0.5, 0.6) is 11.5 Å². The van der Waals surface area contributed by atoms with Gasteiger partial charge in [0.05, 0.1) is 13.7 Å². The Kier molecular flexibility index (Phi) is 4.41. The lowest BCUT2D eigenvalue weighted by Gasteiger charge is -2.15. The molecule has 0 amide bonds. The Morgan fingerprint density at radius 3 is 2.50 bits per heavy atom. The van der Waals surface area contributed by atoms with E-state index in [1.54, 1.807) is 6.92 Å². The molecule has 1 aromatic carbocycles. The van der Waals surface area contributed by atoms with Crippen molar-refractivity contribution in [2.24, 2.45) is 0 Å². The summed E-state index contributed by atoms with van der Waals surface area (Å²) >= 11 is 0. The van der Waals surface area contributed by atoms with Crippen LogP contribution in [0, 0.1) is 0 Å². The van der Waals surface area contributed by atoms with Crippen molar-refractivity contribution in [3.63, 3.8) is 0 Å². The molecule has 0 N–H and O–H groups in total. The second-order valence-corrected chi connectivity index (χ2v) is 3.11. The first-order valence-electron chi connectivity index (χ1n) is 4.99. The number of para-hydroxylation sites is 1. The third-order valence-electron chi connectivity index (χ3n) is 1.90. The summed E-state index contributed by atoms with van der Waals surface area (Å²) in [5, 5.41) is 0. The number of rotatable bonds is 4. The van der Waals surface area contributed by atoms with E-state index < -0.39 is 18.1 Å². The first kappa shape index (κ1) is 14.1. The zero-order valence-corrected chi connectivity index (χ0v) is 9.71. The van der Waals surface area contributed by atoms with Gasteiger partial charge in [-0.25, -0.2) is 4.79 Å². The van der Waals surface area contributed by atoms with Gasteiger partial charge >= 0.3 is 12.3 Å².